The molecule has 3 rings (SSSR count). The Labute approximate surface area is 241 Å². The quantitative estimate of drug-likeness (QED) is 0.371. The average molecular weight is 600 g/mol. The number of ether oxygens (including phenoxy) is 2. The number of hydrogen-bond donors (Lipinski definition) is 0. The first kappa shape index (κ1) is 37.1. The molecule has 2 saturated heterocycles. The van der Waals surface area contributed by atoms with E-state index < -0.39 is 0 Å². The van der Waals surface area contributed by atoms with Gasteiger partial charge in [-0.3, -0.25) is 0 Å². The molecule has 32 heavy (non-hydrogen) atoms. The van der Waals surface area contributed by atoms with E-state index >= 15 is 0 Å². The second-order valence-electron chi connectivity index (χ2n) is 11.3. The van der Waals surface area contributed by atoms with E-state index in [1.807, 2.05) is 0 Å². The third kappa shape index (κ3) is 13.5. The maximum absolute atomic E-state index is 12.7. The third-order valence-corrected chi connectivity index (χ3v) is 5.23. The maximum Gasteiger partial charge on any atom is 3.00 e. The second-order valence-corrected chi connectivity index (χ2v) is 11.3. The summed E-state index contributed by atoms with van der Waals surface area (Å²) in [6.45, 7) is 23.3. The summed E-state index contributed by atoms with van der Waals surface area (Å²) in [6, 6.07) is 4.22. The first-order valence-electron chi connectivity index (χ1n) is 11.3. The van der Waals surface area contributed by atoms with Gasteiger partial charge in [0.1, 0.15) is 0 Å². The zero-order chi connectivity index (χ0) is 22.3. The Morgan fingerprint density at radius 3 is 1.03 bits per heavy atom. The summed E-state index contributed by atoms with van der Waals surface area (Å²) in [4.78, 5) is 0. The molecule has 0 bridgehead atoms. The molecule has 0 unspecified atom stereocenters. The van der Waals surface area contributed by atoms with Crippen LogP contribution in [0.25, 0.3) is 0 Å². The van der Waals surface area contributed by atoms with Gasteiger partial charge in [-0.25, -0.2) is 0 Å². The Morgan fingerprint density at radius 2 is 0.875 bits per heavy atom. The topological polar surface area (TPSA) is 41.5 Å². The molecule has 3 nitrogen and oxygen atoms in total. The van der Waals surface area contributed by atoms with Crippen LogP contribution in [0.4, 0.5) is 0 Å². The van der Waals surface area contributed by atoms with E-state index in [9.17, 15) is 5.11 Å². The minimum absolute atomic E-state index is 0. The molecule has 6 heteroatoms. The molecule has 2 aliphatic heterocycles. The molecular formula is C26H45B2O3Yb. The van der Waals surface area contributed by atoms with Crippen molar-refractivity contribution in [3.63, 3.8) is 0 Å². The average Bonchev–Trinajstić information content (AvgIpc) is 3.30. The third-order valence-electron chi connectivity index (χ3n) is 5.23. The molecule has 0 saturated carbocycles. The minimum atomic E-state index is -0.113. The van der Waals surface area contributed by atoms with Crippen LogP contribution in [-0.4, -0.2) is 43.3 Å². The van der Waals surface area contributed by atoms with Crippen molar-refractivity contribution in [2.45, 2.75) is 104 Å². The summed E-state index contributed by atoms with van der Waals surface area (Å²) in [5, 5.41) is 12.7. The summed E-state index contributed by atoms with van der Waals surface area (Å²) >= 11 is 0. The summed E-state index contributed by atoms with van der Waals surface area (Å²) in [7, 11) is 0. The SMILES string of the molecule is C1CCOC1.C1CCOC1.CC(C)(C)c1cc(C(C)(C)C)c([O-])c(C(C)(C)C)c1.[B-].[B-].[Yb+3]. The van der Waals surface area contributed by atoms with Crippen molar-refractivity contribution in [2.24, 2.45) is 0 Å². The van der Waals surface area contributed by atoms with Crippen molar-refractivity contribution < 1.29 is 61.5 Å². The van der Waals surface area contributed by atoms with Gasteiger partial charge in [-0.2, -0.15) is 0 Å². The van der Waals surface area contributed by atoms with Gasteiger partial charge in [-0.15, -0.1) is 5.75 Å². The summed E-state index contributed by atoms with van der Waals surface area (Å²) < 4.78 is 9.89. The normalized spacial score (nSPS) is 15.7. The molecule has 9 radical (unpaired) electrons. The van der Waals surface area contributed by atoms with Crippen molar-refractivity contribution in [2.75, 3.05) is 26.4 Å². The minimum Gasteiger partial charge on any atom is -1.00 e. The molecule has 2 heterocycles. The van der Waals surface area contributed by atoms with Gasteiger partial charge < -0.3 is 31.4 Å². The molecule has 1 aromatic carbocycles. The van der Waals surface area contributed by atoms with Crippen molar-refractivity contribution >= 4 is 16.8 Å². The maximum atomic E-state index is 12.7. The van der Waals surface area contributed by atoms with E-state index in [4.69, 9.17) is 9.47 Å². The van der Waals surface area contributed by atoms with Crippen LogP contribution in [0.3, 0.4) is 0 Å². The largest absolute Gasteiger partial charge is 3.00 e. The molecule has 0 spiro atoms. The molecule has 0 aromatic heterocycles. The van der Waals surface area contributed by atoms with Crippen LogP contribution in [0.1, 0.15) is 105 Å². The summed E-state index contributed by atoms with van der Waals surface area (Å²) in [6.07, 6.45) is 5.11. The van der Waals surface area contributed by atoms with Crippen LogP contribution >= 0.6 is 0 Å². The van der Waals surface area contributed by atoms with Gasteiger partial charge in [-0.05, 0) is 58.6 Å². The standard InChI is InChI=1S/C18H30O.2C4H8O.2B.Yb/c1-16(2,3)12-10-13(17(4,5)6)15(19)14(11-12)18(7,8)9;2*1-2-4-5-3-1;;;/h10-11,19H,1-9H3;2*1-4H2;;;/q;;;2*-1;+3/p-1. The Hall–Kier alpha value is 0.589. The fourth-order valence-electron chi connectivity index (χ4n) is 3.20. The first-order valence-corrected chi connectivity index (χ1v) is 11.3. The van der Waals surface area contributed by atoms with E-state index in [1.54, 1.807) is 0 Å². The van der Waals surface area contributed by atoms with E-state index in [0.717, 1.165) is 37.6 Å². The van der Waals surface area contributed by atoms with Gasteiger partial charge in [0.2, 0.25) is 0 Å². The zero-order valence-corrected chi connectivity index (χ0v) is 23.7. The van der Waals surface area contributed by atoms with E-state index in [0.29, 0.717) is 0 Å². The van der Waals surface area contributed by atoms with E-state index in [1.165, 1.54) is 31.2 Å². The molecule has 0 aliphatic carbocycles. The molecule has 2 aliphatic rings. The molecule has 0 N–H and O–H groups in total. The number of rotatable bonds is 0. The first-order chi connectivity index (χ1) is 13.2. The predicted molar refractivity (Wildman–Crippen MR) is 134 cm³/mol. The Bertz CT molecular complexity index is 561. The van der Waals surface area contributed by atoms with Crippen LogP contribution in [0.5, 0.6) is 5.75 Å². The Kier molecular flexibility index (Phi) is 18.9. The van der Waals surface area contributed by atoms with Crippen LogP contribution in [0, 0.1) is 46.9 Å². The van der Waals surface area contributed by atoms with Gasteiger partial charge in [0.05, 0.1) is 0 Å². The Balaban J connectivity index is -0.000000531. The monoisotopic (exact) mass is 601 g/mol. The van der Waals surface area contributed by atoms with E-state index in [2.05, 4.69) is 74.4 Å². The number of benzene rings is 1. The van der Waals surface area contributed by atoms with Crippen molar-refractivity contribution in [1.29, 1.82) is 0 Å². The molecule has 2 fully saturated rings. The van der Waals surface area contributed by atoms with Gasteiger partial charge >= 0.3 is 46.9 Å². The van der Waals surface area contributed by atoms with Gasteiger partial charge in [-0.1, -0.05) is 74.4 Å². The van der Waals surface area contributed by atoms with Gasteiger partial charge in [0.25, 0.3) is 0 Å². The predicted octanol–water partition coefficient (Wildman–Crippen LogP) is 5.48. The second kappa shape index (κ2) is 16.3. The Morgan fingerprint density at radius 1 is 0.594 bits per heavy atom. The fraction of sp³-hybridized carbons (Fsp3) is 0.769. The van der Waals surface area contributed by atoms with Crippen LogP contribution in [-0.2, 0) is 25.7 Å². The van der Waals surface area contributed by atoms with Crippen molar-refractivity contribution in [3.8, 4) is 5.75 Å². The van der Waals surface area contributed by atoms with Crippen LogP contribution < -0.4 is 5.11 Å². The number of hydrogen-bond acceptors (Lipinski definition) is 3. The summed E-state index contributed by atoms with van der Waals surface area (Å²) in [5.74, 6) is 0.216. The van der Waals surface area contributed by atoms with Crippen LogP contribution in [0.15, 0.2) is 12.1 Å². The summed E-state index contributed by atoms with van der Waals surface area (Å²) in [5.41, 5.74) is 2.96. The zero-order valence-electron chi connectivity index (χ0n) is 22.0. The smallest absolute Gasteiger partial charge is 1.00 e. The van der Waals surface area contributed by atoms with Crippen LogP contribution in [0.2, 0.25) is 0 Å². The molecule has 1 aromatic rings. The molecular weight excluding hydrogens is 555 g/mol. The molecule has 0 amide bonds. The molecule has 187 valence electrons. The molecule has 0 atom stereocenters. The van der Waals surface area contributed by atoms with Crippen molar-refractivity contribution in [1.82, 2.24) is 0 Å². The van der Waals surface area contributed by atoms with Gasteiger partial charge in [0, 0.05) is 26.4 Å². The van der Waals surface area contributed by atoms with E-state index in [-0.39, 0.29) is 85.7 Å². The van der Waals surface area contributed by atoms with Gasteiger partial charge in [0.15, 0.2) is 0 Å². The fourth-order valence-corrected chi connectivity index (χ4v) is 3.20. The van der Waals surface area contributed by atoms with Crippen molar-refractivity contribution in [3.05, 3.63) is 28.8 Å².